The summed E-state index contributed by atoms with van der Waals surface area (Å²) < 4.78 is 16.4. The van der Waals surface area contributed by atoms with Crippen molar-refractivity contribution < 1.29 is 23.8 Å². The molecule has 2 heterocycles. The Bertz CT molecular complexity index is 994. The van der Waals surface area contributed by atoms with Crippen LogP contribution in [-0.2, 0) is 0 Å². The highest BCUT2D eigenvalue weighted by Crippen LogP contribution is 2.26. The Balaban J connectivity index is 1.34. The van der Waals surface area contributed by atoms with Gasteiger partial charge in [-0.15, -0.1) is 22.7 Å². The molecule has 0 saturated heterocycles. The van der Waals surface area contributed by atoms with Crippen molar-refractivity contribution >= 4 is 34.6 Å². The van der Waals surface area contributed by atoms with Gasteiger partial charge in [0.05, 0.1) is 0 Å². The molecule has 5 nitrogen and oxygen atoms in total. The Labute approximate surface area is 174 Å². The third kappa shape index (κ3) is 4.90. The first-order valence-electron chi connectivity index (χ1n) is 8.57. The van der Waals surface area contributed by atoms with Crippen molar-refractivity contribution in [1.82, 2.24) is 0 Å². The number of carbonyl (C=O) groups excluding carboxylic acids is 2. The fraction of sp³-hybridized carbons (Fsp3) is 0. The third-order valence-electron chi connectivity index (χ3n) is 3.75. The number of thiophene rings is 2. The Morgan fingerprint density at radius 2 is 0.931 bits per heavy atom. The Hall–Kier alpha value is -3.42. The van der Waals surface area contributed by atoms with Crippen LogP contribution >= 0.6 is 22.7 Å². The van der Waals surface area contributed by atoms with Crippen LogP contribution in [0.1, 0.15) is 19.3 Å². The molecule has 7 heteroatoms. The van der Waals surface area contributed by atoms with E-state index >= 15 is 0 Å². The van der Waals surface area contributed by atoms with Crippen molar-refractivity contribution in [2.24, 2.45) is 0 Å². The van der Waals surface area contributed by atoms with Gasteiger partial charge in [0.1, 0.15) is 32.8 Å². The highest BCUT2D eigenvalue weighted by molar-refractivity contribution is 7.12. The van der Waals surface area contributed by atoms with Gasteiger partial charge in [-0.2, -0.15) is 0 Å². The number of ether oxygens (including phenoxy) is 3. The zero-order chi connectivity index (χ0) is 20.1. The molecule has 4 aromatic rings. The zero-order valence-electron chi connectivity index (χ0n) is 14.9. The molecule has 2 aromatic carbocycles. The van der Waals surface area contributed by atoms with Gasteiger partial charge in [-0.1, -0.05) is 12.1 Å². The first-order chi connectivity index (χ1) is 14.2. The van der Waals surface area contributed by atoms with Crippen molar-refractivity contribution in [1.29, 1.82) is 0 Å². The quantitative estimate of drug-likeness (QED) is 0.280. The summed E-state index contributed by atoms with van der Waals surface area (Å²) in [6.45, 7) is 0. The van der Waals surface area contributed by atoms with Crippen molar-refractivity contribution in [2.75, 3.05) is 0 Å². The molecule has 0 atom stereocenters. The lowest BCUT2D eigenvalue weighted by Gasteiger charge is -2.08. The molecule has 0 aliphatic carbocycles. The predicted molar refractivity (Wildman–Crippen MR) is 112 cm³/mol. The Morgan fingerprint density at radius 1 is 0.552 bits per heavy atom. The summed E-state index contributed by atoms with van der Waals surface area (Å²) in [5.74, 6) is 1.27. The van der Waals surface area contributed by atoms with Crippen LogP contribution in [0.25, 0.3) is 0 Å². The van der Waals surface area contributed by atoms with Crippen LogP contribution in [0.15, 0.2) is 83.6 Å². The van der Waals surface area contributed by atoms with Gasteiger partial charge >= 0.3 is 11.9 Å². The standard InChI is InChI=1S/C22H14O5S2/c23-21(19-3-1-13-28-19)26-17-9-5-15(6-10-17)25-16-7-11-18(12-8-16)27-22(24)20-4-2-14-29-20/h1-14H. The maximum absolute atomic E-state index is 12.0. The molecule has 0 bridgehead atoms. The fourth-order valence-corrected chi connectivity index (χ4v) is 3.59. The molecular formula is C22H14O5S2. The van der Waals surface area contributed by atoms with Crippen molar-refractivity contribution in [3.05, 3.63) is 93.3 Å². The lowest BCUT2D eigenvalue weighted by molar-refractivity contribution is 0.0730. The van der Waals surface area contributed by atoms with Crippen LogP contribution < -0.4 is 14.2 Å². The summed E-state index contributed by atoms with van der Waals surface area (Å²) in [5.41, 5.74) is 0. The normalized spacial score (nSPS) is 10.3. The largest absolute Gasteiger partial charge is 0.457 e. The van der Waals surface area contributed by atoms with Crippen LogP contribution in [0.5, 0.6) is 23.0 Å². The highest BCUT2D eigenvalue weighted by Gasteiger charge is 2.11. The first-order valence-corrected chi connectivity index (χ1v) is 10.3. The minimum Gasteiger partial charge on any atom is -0.457 e. The summed E-state index contributed by atoms with van der Waals surface area (Å²) in [5, 5.41) is 3.64. The minimum absolute atomic E-state index is 0.388. The smallest absolute Gasteiger partial charge is 0.353 e. The topological polar surface area (TPSA) is 61.8 Å². The number of benzene rings is 2. The molecule has 0 aliphatic heterocycles. The van der Waals surface area contributed by atoms with Crippen LogP contribution in [0.4, 0.5) is 0 Å². The highest BCUT2D eigenvalue weighted by atomic mass is 32.1. The number of hydrogen-bond donors (Lipinski definition) is 0. The second kappa shape index (κ2) is 8.72. The van der Waals surface area contributed by atoms with Crippen LogP contribution in [-0.4, -0.2) is 11.9 Å². The number of esters is 2. The Kier molecular flexibility index (Phi) is 5.69. The van der Waals surface area contributed by atoms with Crippen LogP contribution in [0.2, 0.25) is 0 Å². The van der Waals surface area contributed by atoms with E-state index in [1.54, 1.807) is 72.8 Å². The van der Waals surface area contributed by atoms with Crippen LogP contribution in [0.3, 0.4) is 0 Å². The first kappa shape index (κ1) is 18.9. The molecular weight excluding hydrogens is 408 g/mol. The average molecular weight is 422 g/mol. The minimum atomic E-state index is -0.388. The molecule has 0 spiro atoms. The lowest BCUT2D eigenvalue weighted by Crippen LogP contribution is -2.06. The molecule has 144 valence electrons. The second-order valence-corrected chi connectivity index (χ2v) is 7.67. The van der Waals surface area contributed by atoms with E-state index in [4.69, 9.17) is 14.2 Å². The molecule has 0 fully saturated rings. The average Bonchev–Trinajstić information content (AvgIpc) is 3.45. The number of carbonyl (C=O) groups is 2. The van der Waals surface area contributed by atoms with Gasteiger partial charge in [0, 0.05) is 0 Å². The summed E-state index contributed by atoms with van der Waals surface area (Å²) in [6.07, 6.45) is 0. The summed E-state index contributed by atoms with van der Waals surface area (Å²) in [4.78, 5) is 25.0. The predicted octanol–water partition coefficient (Wildman–Crippen LogP) is 6.04. The molecule has 0 N–H and O–H groups in total. The Morgan fingerprint density at radius 3 is 1.28 bits per heavy atom. The van der Waals surface area contributed by atoms with Gasteiger partial charge < -0.3 is 14.2 Å². The van der Waals surface area contributed by atoms with E-state index in [2.05, 4.69) is 0 Å². The van der Waals surface area contributed by atoms with Crippen molar-refractivity contribution in [3.63, 3.8) is 0 Å². The van der Waals surface area contributed by atoms with E-state index in [-0.39, 0.29) is 11.9 Å². The number of rotatable bonds is 6. The molecule has 2 aromatic heterocycles. The maximum atomic E-state index is 12.0. The fourth-order valence-electron chi connectivity index (χ4n) is 2.39. The molecule has 4 rings (SSSR count). The van der Waals surface area contributed by atoms with Gasteiger partial charge in [-0.3, -0.25) is 0 Å². The van der Waals surface area contributed by atoms with E-state index in [0.717, 1.165) is 0 Å². The summed E-state index contributed by atoms with van der Waals surface area (Å²) >= 11 is 2.66. The van der Waals surface area contributed by atoms with Crippen LogP contribution in [0, 0.1) is 0 Å². The number of hydrogen-bond acceptors (Lipinski definition) is 7. The molecule has 0 saturated carbocycles. The monoisotopic (exact) mass is 422 g/mol. The van der Waals surface area contributed by atoms with Gasteiger partial charge in [-0.25, -0.2) is 9.59 Å². The zero-order valence-corrected chi connectivity index (χ0v) is 16.6. The van der Waals surface area contributed by atoms with E-state index in [1.165, 1.54) is 22.7 Å². The summed E-state index contributed by atoms with van der Waals surface area (Å²) in [6, 6.07) is 20.5. The van der Waals surface area contributed by atoms with Crippen molar-refractivity contribution in [2.45, 2.75) is 0 Å². The molecule has 0 unspecified atom stereocenters. The second-order valence-electron chi connectivity index (χ2n) is 5.78. The third-order valence-corrected chi connectivity index (χ3v) is 5.45. The van der Waals surface area contributed by atoms with Gasteiger partial charge in [0.15, 0.2) is 0 Å². The van der Waals surface area contributed by atoms with Crippen molar-refractivity contribution in [3.8, 4) is 23.0 Å². The van der Waals surface area contributed by atoms with E-state index in [9.17, 15) is 9.59 Å². The SMILES string of the molecule is O=C(Oc1ccc(Oc2ccc(OC(=O)c3cccs3)cc2)cc1)c1cccs1. The lowest BCUT2D eigenvalue weighted by atomic mass is 10.3. The molecule has 29 heavy (non-hydrogen) atoms. The van der Waals surface area contributed by atoms with Gasteiger partial charge in [0.25, 0.3) is 0 Å². The molecule has 0 radical (unpaired) electrons. The van der Waals surface area contributed by atoms with E-state index in [0.29, 0.717) is 32.8 Å². The van der Waals surface area contributed by atoms with Gasteiger partial charge in [0.2, 0.25) is 0 Å². The van der Waals surface area contributed by atoms with E-state index < -0.39 is 0 Å². The van der Waals surface area contributed by atoms with Gasteiger partial charge in [-0.05, 0) is 71.4 Å². The summed E-state index contributed by atoms with van der Waals surface area (Å²) in [7, 11) is 0. The molecule has 0 amide bonds. The maximum Gasteiger partial charge on any atom is 0.353 e. The molecule has 0 aliphatic rings. The van der Waals surface area contributed by atoms with E-state index in [1.807, 2.05) is 10.8 Å².